The Hall–Kier alpha value is 0.140. The van der Waals surface area contributed by atoms with E-state index in [0.717, 1.165) is 12.8 Å². The molecule has 0 fully saturated rings. The molecule has 0 amide bonds. The average molecular weight is 235 g/mol. The van der Waals surface area contributed by atoms with Gasteiger partial charge in [-0.15, -0.1) is 11.3 Å². The van der Waals surface area contributed by atoms with Crippen LogP contribution in [0.15, 0.2) is 15.9 Å². The van der Waals surface area contributed by atoms with Crippen molar-refractivity contribution in [1.82, 2.24) is 0 Å². The van der Waals surface area contributed by atoms with Crippen LogP contribution in [0.2, 0.25) is 0 Å². The average Bonchev–Trinajstić information content (AvgIpc) is 2.31. The van der Waals surface area contributed by atoms with E-state index in [1.165, 1.54) is 9.35 Å². The summed E-state index contributed by atoms with van der Waals surface area (Å²) < 4.78 is 1.17. The minimum absolute atomic E-state index is 0.191. The van der Waals surface area contributed by atoms with Gasteiger partial charge in [0.15, 0.2) is 0 Å². The molecule has 1 rings (SSSR count). The molecule has 1 nitrogen and oxygen atoms in total. The van der Waals surface area contributed by atoms with Crippen LogP contribution in [0.25, 0.3) is 0 Å². The van der Waals surface area contributed by atoms with Crippen molar-refractivity contribution in [2.24, 2.45) is 0 Å². The molecular weight excluding hydrogens is 224 g/mol. The summed E-state index contributed by atoms with van der Waals surface area (Å²) in [6.07, 6.45) is 1.62. The first-order chi connectivity index (χ1) is 5.20. The topological polar surface area (TPSA) is 20.2 Å². The number of halogens is 1. The van der Waals surface area contributed by atoms with E-state index in [0.29, 0.717) is 0 Å². The predicted octanol–water partition coefficient (Wildman–Crippen LogP) is 2.82. The monoisotopic (exact) mass is 234 g/mol. The van der Waals surface area contributed by atoms with Gasteiger partial charge in [0.2, 0.25) is 0 Å². The molecule has 0 spiro atoms. The number of aliphatic hydroxyl groups excluding tert-OH is 1. The zero-order valence-corrected chi connectivity index (χ0v) is 8.78. The number of hydrogen-bond donors (Lipinski definition) is 1. The van der Waals surface area contributed by atoms with E-state index in [2.05, 4.69) is 21.3 Å². The van der Waals surface area contributed by atoms with Gasteiger partial charge in [0.05, 0.1) is 6.10 Å². The Balaban J connectivity index is 2.44. The summed E-state index contributed by atoms with van der Waals surface area (Å²) in [4.78, 5) is 1.32. The highest BCUT2D eigenvalue weighted by Gasteiger charge is 2.02. The molecule has 1 atom stereocenters. The fourth-order valence-electron chi connectivity index (χ4n) is 0.843. The molecule has 0 aromatic carbocycles. The van der Waals surface area contributed by atoms with Gasteiger partial charge < -0.3 is 5.11 Å². The second-order valence-corrected chi connectivity index (χ2v) is 4.43. The SMILES string of the molecule is C[C@H](O)CCc1sccc1Br. The highest BCUT2D eigenvalue weighted by atomic mass is 79.9. The van der Waals surface area contributed by atoms with Crippen LogP contribution in [0.1, 0.15) is 18.2 Å². The van der Waals surface area contributed by atoms with Gasteiger partial charge in [0.1, 0.15) is 0 Å². The Morgan fingerprint density at radius 3 is 2.91 bits per heavy atom. The Morgan fingerprint density at radius 1 is 1.73 bits per heavy atom. The van der Waals surface area contributed by atoms with Crippen LogP contribution < -0.4 is 0 Å². The van der Waals surface area contributed by atoms with Gasteiger partial charge in [-0.25, -0.2) is 0 Å². The third-order valence-corrected chi connectivity index (χ3v) is 3.47. The van der Waals surface area contributed by atoms with Crippen LogP contribution in [0.3, 0.4) is 0 Å². The maximum atomic E-state index is 9.03. The zero-order chi connectivity index (χ0) is 8.27. The molecule has 1 aromatic heterocycles. The van der Waals surface area contributed by atoms with Crippen LogP contribution in [-0.2, 0) is 6.42 Å². The first-order valence-electron chi connectivity index (χ1n) is 3.60. The third-order valence-electron chi connectivity index (χ3n) is 1.48. The van der Waals surface area contributed by atoms with Crippen LogP contribution in [0, 0.1) is 0 Å². The molecule has 1 heterocycles. The second kappa shape index (κ2) is 4.24. The lowest BCUT2D eigenvalue weighted by atomic mass is 10.2. The molecule has 3 heteroatoms. The van der Waals surface area contributed by atoms with E-state index in [9.17, 15) is 0 Å². The fourth-order valence-corrected chi connectivity index (χ4v) is 2.41. The molecule has 0 bridgehead atoms. The normalized spacial score (nSPS) is 13.4. The summed E-state index contributed by atoms with van der Waals surface area (Å²) in [5.74, 6) is 0. The number of aryl methyl sites for hydroxylation is 1. The van der Waals surface area contributed by atoms with Gasteiger partial charge in [-0.2, -0.15) is 0 Å². The van der Waals surface area contributed by atoms with Gasteiger partial charge in [-0.1, -0.05) is 0 Å². The van der Waals surface area contributed by atoms with Crippen molar-refractivity contribution in [3.63, 3.8) is 0 Å². The quantitative estimate of drug-likeness (QED) is 0.854. The van der Waals surface area contributed by atoms with Crippen LogP contribution in [0.5, 0.6) is 0 Å². The van der Waals surface area contributed by atoms with Crippen LogP contribution in [-0.4, -0.2) is 11.2 Å². The van der Waals surface area contributed by atoms with Gasteiger partial charge >= 0.3 is 0 Å². The Bertz CT molecular complexity index is 220. The number of thiophene rings is 1. The molecule has 0 radical (unpaired) electrons. The van der Waals surface area contributed by atoms with Crippen LogP contribution >= 0.6 is 27.3 Å². The summed E-state index contributed by atoms with van der Waals surface area (Å²) in [5, 5.41) is 11.1. The van der Waals surface area contributed by atoms with Crippen molar-refractivity contribution in [3.05, 3.63) is 20.8 Å². The van der Waals surface area contributed by atoms with Crippen molar-refractivity contribution in [1.29, 1.82) is 0 Å². The molecular formula is C8H11BrOS. The summed E-state index contributed by atoms with van der Waals surface area (Å²) >= 11 is 5.18. The summed E-state index contributed by atoms with van der Waals surface area (Å²) in [7, 11) is 0. The Kier molecular flexibility index (Phi) is 3.55. The van der Waals surface area contributed by atoms with Crippen LogP contribution in [0.4, 0.5) is 0 Å². The minimum Gasteiger partial charge on any atom is -0.393 e. The van der Waals surface area contributed by atoms with Crippen molar-refractivity contribution in [2.75, 3.05) is 0 Å². The Labute approximate surface area is 79.2 Å². The van der Waals surface area contributed by atoms with Gasteiger partial charge in [-0.05, 0) is 47.1 Å². The van der Waals surface area contributed by atoms with Gasteiger partial charge in [-0.3, -0.25) is 0 Å². The standard InChI is InChI=1S/C8H11BrOS/c1-6(10)2-3-8-7(9)4-5-11-8/h4-6,10H,2-3H2,1H3/t6-/m0/s1. The maximum Gasteiger partial charge on any atom is 0.0515 e. The van der Waals surface area contributed by atoms with Crippen molar-refractivity contribution < 1.29 is 5.11 Å². The fraction of sp³-hybridized carbons (Fsp3) is 0.500. The number of aliphatic hydroxyl groups is 1. The predicted molar refractivity (Wildman–Crippen MR) is 52.0 cm³/mol. The molecule has 0 saturated carbocycles. The molecule has 1 N–H and O–H groups in total. The zero-order valence-electron chi connectivity index (χ0n) is 6.38. The van der Waals surface area contributed by atoms with E-state index < -0.39 is 0 Å². The first kappa shape index (κ1) is 9.23. The molecule has 0 unspecified atom stereocenters. The lowest BCUT2D eigenvalue weighted by Gasteiger charge is -2.01. The lowest BCUT2D eigenvalue weighted by Crippen LogP contribution is -2.00. The van der Waals surface area contributed by atoms with Gasteiger partial charge in [0.25, 0.3) is 0 Å². The highest BCUT2D eigenvalue weighted by Crippen LogP contribution is 2.24. The van der Waals surface area contributed by atoms with Crippen molar-refractivity contribution >= 4 is 27.3 Å². The maximum absolute atomic E-state index is 9.03. The molecule has 0 aliphatic rings. The third kappa shape index (κ3) is 2.93. The van der Waals surface area contributed by atoms with E-state index in [4.69, 9.17) is 5.11 Å². The van der Waals surface area contributed by atoms with E-state index in [-0.39, 0.29) is 6.10 Å². The largest absolute Gasteiger partial charge is 0.393 e. The Morgan fingerprint density at radius 2 is 2.45 bits per heavy atom. The van der Waals surface area contributed by atoms with Crippen molar-refractivity contribution in [2.45, 2.75) is 25.9 Å². The minimum atomic E-state index is -0.191. The highest BCUT2D eigenvalue weighted by molar-refractivity contribution is 9.10. The molecule has 0 aliphatic heterocycles. The molecule has 0 saturated heterocycles. The van der Waals surface area contributed by atoms with Gasteiger partial charge in [0, 0.05) is 9.35 Å². The summed E-state index contributed by atoms with van der Waals surface area (Å²) in [6.45, 7) is 1.82. The van der Waals surface area contributed by atoms with E-state index in [1.54, 1.807) is 11.3 Å². The van der Waals surface area contributed by atoms with E-state index >= 15 is 0 Å². The molecule has 0 aliphatic carbocycles. The first-order valence-corrected chi connectivity index (χ1v) is 5.27. The molecule has 1 aromatic rings. The second-order valence-electron chi connectivity index (χ2n) is 2.58. The summed E-state index contributed by atoms with van der Waals surface area (Å²) in [6, 6.07) is 2.04. The van der Waals surface area contributed by atoms with E-state index in [1.807, 2.05) is 13.0 Å². The summed E-state index contributed by atoms with van der Waals surface area (Å²) in [5.41, 5.74) is 0. The lowest BCUT2D eigenvalue weighted by molar-refractivity contribution is 0.185. The molecule has 62 valence electrons. The van der Waals surface area contributed by atoms with Crippen molar-refractivity contribution in [3.8, 4) is 0 Å². The smallest absolute Gasteiger partial charge is 0.0515 e. The molecule has 11 heavy (non-hydrogen) atoms. The number of rotatable bonds is 3. The number of hydrogen-bond acceptors (Lipinski definition) is 2.